The first-order valence-electron chi connectivity index (χ1n) is 10.9. The number of hydrogen-bond donors (Lipinski definition) is 1. The number of nitrogens with zero attached hydrogens (tertiary/aromatic N) is 4. The third-order valence-electron chi connectivity index (χ3n) is 6.29. The number of methoxy groups -OCH3 is 1. The van der Waals surface area contributed by atoms with Gasteiger partial charge in [0.25, 0.3) is 0 Å². The van der Waals surface area contributed by atoms with Crippen molar-refractivity contribution >= 4 is 11.6 Å². The van der Waals surface area contributed by atoms with Gasteiger partial charge in [-0.1, -0.05) is 6.07 Å². The van der Waals surface area contributed by atoms with Crippen LogP contribution in [0.15, 0.2) is 36.7 Å². The quantitative estimate of drug-likeness (QED) is 0.595. The highest BCUT2D eigenvalue weighted by atomic mass is 16.5. The maximum Gasteiger partial charge on any atom is 0.150 e. The number of ether oxygens (including phenoxy) is 1. The minimum Gasteiger partial charge on any atom is -0.496 e. The third-order valence-corrected chi connectivity index (χ3v) is 6.29. The van der Waals surface area contributed by atoms with Crippen LogP contribution in [-0.2, 0) is 6.54 Å². The summed E-state index contributed by atoms with van der Waals surface area (Å²) in [7, 11) is 1.74. The lowest BCUT2D eigenvalue weighted by atomic mass is 9.96. The average molecular weight is 418 g/mol. The van der Waals surface area contributed by atoms with E-state index < -0.39 is 0 Å². The summed E-state index contributed by atoms with van der Waals surface area (Å²) in [6.45, 7) is 10.5. The van der Waals surface area contributed by atoms with Gasteiger partial charge in [-0.3, -0.25) is 9.88 Å². The van der Waals surface area contributed by atoms with E-state index in [2.05, 4.69) is 47.0 Å². The van der Waals surface area contributed by atoms with Gasteiger partial charge in [0.2, 0.25) is 0 Å². The first-order chi connectivity index (χ1) is 15.0. The minimum atomic E-state index is 0.265. The van der Waals surface area contributed by atoms with Gasteiger partial charge < -0.3 is 10.1 Å². The van der Waals surface area contributed by atoms with Crippen LogP contribution in [0.5, 0.6) is 5.75 Å². The predicted molar refractivity (Wildman–Crippen MR) is 124 cm³/mol. The molecular weight excluding hydrogens is 386 g/mol. The molecule has 1 aliphatic heterocycles. The average Bonchev–Trinajstić information content (AvgIpc) is 3.22. The van der Waals surface area contributed by atoms with Crippen molar-refractivity contribution in [1.82, 2.24) is 19.9 Å². The zero-order valence-electron chi connectivity index (χ0n) is 19.1. The summed E-state index contributed by atoms with van der Waals surface area (Å²) >= 11 is 0. The van der Waals surface area contributed by atoms with Crippen molar-refractivity contribution in [2.45, 2.75) is 53.1 Å². The van der Waals surface area contributed by atoms with Gasteiger partial charge >= 0.3 is 0 Å². The normalized spacial score (nSPS) is 16.5. The maximum atomic E-state index is 5.55. The number of hydrogen-bond acceptors (Lipinski definition) is 6. The molecule has 6 heteroatoms. The number of aromatic nitrogens is 3. The van der Waals surface area contributed by atoms with E-state index in [0.29, 0.717) is 0 Å². The van der Waals surface area contributed by atoms with Gasteiger partial charge in [-0.25, -0.2) is 9.97 Å². The topological polar surface area (TPSA) is 63.2 Å². The molecule has 0 aliphatic carbocycles. The van der Waals surface area contributed by atoms with Gasteiger partial charge in [-0.2, -0.15) is 0 Å². The van der Waals surface area contributed by atoms with Crippen LogP contribution in [-0.4, -0.2) is 33.5 Å². The molecule has 1 saturated heterocycles. The monoisotopic (exact) mass is 417 g/mol. The first-order valence-corrected chi connectivity index (χ1v) is 10.9. The van der Waals surface area contributed by atoms with Gasteiger partial charge in [-0.05, 0) is 87.5 Å². The lowest BCUT2D eigenvalue weighted by Gasteiger charge is -2.26. The Balaban J connectivity index is 1.56. The molecule has 3 aromatic rings. The fourth-order valence-electron chi connectivity index (χ4n) is 4.45. The molecule has 4 rings (SSSR count). The van der Waals surface area contributed by atoms with Crippen LogP contribution in [0.4, 0.5) is 11.6 Å². The Hall–Kier alpha value is -2.99. The molecule has 0 radical (unpaired) electrons. The van der Waals surface area contributed by atoms with Crippen LogP contribution in [0.3, 0.4) is 0 Å². The Morgan fingerprint density at radius 1 is 1.06 bits per heavy atom. The number of nitrogens with one attached hydrogen (secondary N) is 1. The number of likely N-dealkylation sites (tertiary alicyclic amines) is 1. The SMILES string of the molecule is COc1cc(C)c(CN2CCC[C@@H]2c2cncc(Nc3cccc(C)n3)n2)c(C)c1C. The molecule has 1 atom stereocenters. The molecule has 1 N–H and O–H groups in total. The van der Waals surface area contributed by atoms with E-state index in [1.165, 1.54) is 22.3 Å². The van der Waals surface area contributed by atoms with E-state index in [0.717, 1.165) is 54.7 Å². The van der Waals surface area contributed by atoms with E-state index in [-0.39, 0.29) is 6.04 Å². The second-order valence-corrected chi connectivity index (χ2v) is 8.37. The second-order valence-electron chi connectivity index (χ2n) is 8.37. The van der Waals surface area contributed by atoms with Crippen molar-refractivity contribution in [2.75, 3.05) is 19.0 Å². The number of benzene rings is 1. The Kier molecular flexibility index (Phi) is 6.18. The largest absolute Gasteiger partial charge is 0.496 e. The Morgan fingerprint density at radius 2 is 1.90 bits per heavy atom. The van der Waals surface area contributed by atoms with Gasteiger partial charge in [0.15, 0.2) is 0 Å². The second kappa shape index (κ2) is 9.02. The molecule has 1 aromatic carbocycles. The molecule has 0 amide bonds. The van der Waals surface area contributed by atoms with E-state index in [1.807, 2.05) is 31.3 Å². The van der Waals surface area contributed by atoms with Crippen molar-refractivity contribution in [2.24, 2.45) is 0 Å². The molecule has 1 fully saturated rings. The lowest BCUT2D eigenvalue weighted by Crippen LogP contribution is -2.25. The van der Waals surface area contributed by atoms with Gasteiger partial charge in [0.1, 0.15) is 17.4 Å². The number of anilines is 2. The number of pyridine rings is 1. The molecule has 2 aromatic heterocycles. The fraction of sp³-hybridized carbons (Fsp3) is 0.400. The van der Waals surface area contributed by atoms with Crippen molar-refractivity contribution in [1.29, 1.82) is 0 Å². The van der Waals surface area contributed by atoms with Crippen molar-refractivity contribution in [3.8, 4) is 5.75 Å². The van der Waals surface area contributed by atoms with Crippen molar-refractivity contribution < 1.29 is 4.74 Å². The summed E-state index contributed by atoms with van der Waals surface area (Å²) in [5.41, 5.74) is 7.17. The number of aryl methyl sites for hydroxylation is 2. The summed E-state index contributed by atoms with van der Waals surface area (Å²) < 4.78 is 5.55. The Bertz CT molecular complexity index is 1080. The maximum absolute atomic E-state index is 5.55. The highest BCUT2D eigenvalue weighted by molar-refractivity contribution is 5.51. The smallest absolute Gasteiger partial charge is 0.150 e. The van der Waals surface area contributed by atoms with Gasteiger partial charge in [-0.15, -0.1) is 0 Å². The predicted octanol–water partition coefficient (Wildman–Crippen LogP) is 5.19. The van der Waals surface area contributed by atoms with Crippen molar-refractivity contribution in [3.63, 3.8) is 0 Å². The summed E-state index contributed by atoms with van der Waals surface area (Å²) in [4.78, 5) is 16.4. The van der Waals surface area contributed by atoms with E-state index in [9.17, 15) is 0 Å². The minimum absolute atomic E-state index is 0.265. The molecule has 1 aliphatic rings. The van der Waals surface area contributed by atoms with Crippen molar-refractivity contribution in [3.05, 3.63) is 70.3 Å². The summed E-state index contributed by atoms with van der Waals surface area (Å²) in [5.74, 6) is 2.48. The molecule has 0 spiro atoms. The molecule has 31 heavy (non-hydrogen) atoms. The zero-order chi connectivity index (χ0) is 22.0. The summed E-state index contributed by atoms with van der Waals surface area (Å²) in [5, 5.41) is 3.29. The number of rotatable bonds is 6. The molecule has 3 heterocycles. The van der Waals surface area contributed by atoms with Gasteiger partial charge in [0, 0.05) is 12.2 Å². The summed E-state index contributed by atoms with van der Waals surface area (Å²) in [6, 6.07) is 8.33. The fourth-order valence-corrected chi connectivity index (χ4v) is 4.45. The van der Waals surface area contributed by atoms with E-state index in [1.54, 1.807) is 13.3 Å². The molecular formula is C25H31N5O. The molecule has 162 valence electrons. The van der Waals surface area contributed by atoms with Crippen LogP contribution >= 0.6 is 0 Å². The third kappa shape index (κ3) is 4.54. The molecule has 0 unspecified atom stereocenters. The molecule has 0 bridgehead atoms. The van der Waals surface area contributed by atoms with E-state index >= 15 is 0 Å². The highest BCUT2D eigenvalue weighted by Gasteiger charge is 2.28. The highest BCUT2D eigenvalue weighted by Crippen LogP contribution is 2.35. The molecule has 6 nitrogen and oxygen atoms in total. The zero-order valence-corrected chi connectivity index (χ0v) is 19.1. The van der Waals surface area contributed by atoms with Crippen LogP contribution in [0.2, 0.25) is 0 Å². The van der Waals surface area contributed by atoms with E-state index in [4.69, 9.17) is 9.72 Å². The van der Waals surface area contributed by atoms with Crippen LogP contribution in [0.1, 0.15) is 52.5 Å². The van der Waals surface area contributed by atoms with Crippen LogP contribution in [0.25, 0.3) is 0 Å². The lowest BCUT2D eigenvalue weighted by molar-refractivity contribution is 0.243. The Labute approximate surface area is 184 Å². The first kappa shape index (κ1) is 21.2. The van der Waals surface area contributed by atoms with Crippen LogP contribution < -0.4 is 10.1 Å². The standard InChI is InChI=1S/C25H31N5O/c1-16-12-23(31-5)19(4)18(3)20(16)15-30-11-7-9-22(30)21-13-26-14-25(28-21)29-24-10-6-8-17(2)27-24/h6,8,10,12-14,22H,7,9,11,15H2,1-5H3,(H,27,28,29)/t22-/m1/s1. The summed E-state index contributed by atoms with van der Waals surface area (Å²) in [6.07, 6.45) is 5.91. The van der Waals surface area contributed by atoms with Gasteiger partial charge in [0.05, 0.1) is 31.2 Å². The Morgan fingerprint density at radius 3 is 2.68 bits per heavy atom. The molecule has 0 saturated carbocycles. The van der Waals surface area contributed by atoms with Crippen LogP contribution in [0, 0.1) is 27.7 Å².